The first kappa shape index (κ1) is 26.9. The molecule has 4 aromatic rings. The van der Waals surface area contributed by atoms with Crippen LogP contribution in [0.15, 0.2) is 72.1 Å². The first-order chi connectivity index (χ1) is 18.4. The number of methoxy groups -OCH3 is 1. The molecule has 196 valence electrons. The quantitative estimate of drug-likeness (QED) is 0.178. The molecular formula is C28H30N6O3S. The van der Waals surface area contributed by atoms with E-state index >= 15 is 0 Å². The van der Waals surface area contributed by atoms with Crippen LogP contribution < -0.4 is 21.1 Å². The van der Waals surface area contributed by atoms with E-state index in [9.17, 15) is 4.79 Å². The zero-order valence-electron chi connectivity index (χ0n) is 21.5. The van der Waals surface area contributed by atoms with Gasteiger partial charge in [0.2, 0.25) is 5.91 Å². The third-order valence-corrected chi connectivity index (χ3v) is 6.64. The summed E-state index contributed by atoms with van der Waals surface area (Å²) in [6.07, 6.45) is 3.21. The molecule has 0 aliphatic rings. The minimum absolute atomic E-state index is 0.0528. The number of rotatable bonds is 11. The van der Waals surface area contributed by atoms with Crippen molar-refractivity contribution < 1.29 is 14.3 Å². The van der Waals surface area contributed by atoms with Gasteiger partial charge < -0.3 is 25.8 Å². The molecule has 0 aliphatic carbocycles. The van der Waals surface area contributed by atoms with Crippen LogP contribution in [0.4, 0.5) is 17.2 Å². The van der Waals surface area contributed by atoms with Crippen LogP contribution >= 0.6 is 11.8 Å². The van der Waals surface area contributed by atoms with Crippen LogP contribution in [0.1, 0.15) is 22.4 Å². The number of aryl methyl sites for hydroxylation is 2. The smallest absolute Gasteiger partial charge is 0.246 e. The summed E-state index contributed by atoms with van der Waals surface area (Å²) in [4.78, 5) is 24.5. The van der Waals surface area contributed by atoms with Crippen molar-refractivity contribution in [1.29, 1.82) is 0 Å². The van der Waals surface area contributed by atoms with Crippen molar-refractivity contribution in [2.75, 3.05) is 24.8 Å². The van der Waals surface area contributed by atoms with Crippen molar-refractivity contribution in [3.63, 3.8) is 0 Å². The van der Waals surface area contributed by atoms with Crippen molar-refractivity contribution in [3.8, 4) is 11.5 Å². The summed E-state index contributed by atoms with van der Waals surface area (Å²) in [6.45, 7) is 4.42. The summed E-state index contributed by atoms with van der Waals surface area (Å²) in [5.41, 5.74) is 11.8. The van der Waals surface area contributed by atoms with E-state index in [4.69, 9.17) is 15.2 Å². The maximum atomic E-state index is 11.5. The number of carbonyl (C=O) groups is 1. The van der Waals surface area contributed by atoms with Gasteiger partial charge in [0.15, 0.2) is 5.82 Å². The number of ether oxygens (including phenoxy) is 2. The SMILES string of the molecule is COCC(=O)NCc1ccc(CSc2ncnc(Nc3ccc(Oc4ccc(C)nc4)c(C)c3)c2N)cc1. The van der Waals surface area contributed by atoms with E-state index < -0.39 is 0 Å². The number of pyridine rings is 1. The first-order valence-corrected chi connectivity index (χ1v) is 12.9. The number of nitrogens with zero attached hydrogens (tertiary/aromatic N) is 3. The largest absolute Gasteiger partial charge is 0.455 e. The molecule has 0 fully saturated rings. The maximum Gasteiger partial charge on any atom is 0.246 e. The number of thioether (sulfide) groups is 1. The Kier molecular flexibility index (Phi) is 9.12. The van der Waals surface area contributed by atoms with Gasteiger partial charge in [-0.1, -0.05) is 36.0 Å². The molecule has 0 spiro atoms. The van der Waals surface area contributed by atoms with Crippen LogP contribution in [0.3, 0.4) is 0 Å². The zero-order valence-corrected chi connectivity index (χ0v) is 22.3. The summed E-state index contributed by atoms with van der Waals surface area (Å²) in [7, 11) is 1.50. The highest BCUT2D eigenvalue weighted by Gasteiger charge is 2.11. The fraction of sp³-hybridized carbons (Fsp3) is 0.214. The summed E-state index contributed by atoms with van der Waals surface area (Å²) >= 11 is 1.54. The third kappa shape index (κ3) is 7.44. The lowest BCUT2D eigenvalue weighted by atomic mass is 10.1. The van der Waals surface area contributed by atoms with Crippen molar-refractivity contribution in [2.24, 2.45) is 0 Å². The van der Waals surface area contributed by atoms with E-state index in [0.717, 1.165) is 33.8 Å². The van der Waals surface area contributed by atoms with E-state index in [-0.39, 0.29) is 12.5 Å². The molecule has 1 amide bonds. The summed E-state index contributed by atoms with van der Waals surface area (Å²) in [6, 6.07) is 17.6. The summed E-state index contributed by atoms with van der Waals surface area (Å²) < 4.78 is 10.8. The molecule has 10 heteroatoms. The Morgan fingerprint density at radius 1 is 1.00 bits per heavy atom. The predicted octanol–water partition coefficient (Wildman–Crippen LogP) is 5.16. The Morgan fingerprint density at radius 2 is 1.79 bits per heavy atom. The molecule has 0 bridgehead atoms. The van der Waals surface area contributed by atoms with Gasteiger partial charge in [-0.2, -0.15) is 0 Å². The van der Waals surface area contributed by atoms with Gasteiger partial charge in [0, 0.05) is 30.8 Å². The number of benzene rings is 2. The molecule has 4 N–H and O–H groups in total. The number of hydrogen-bond acceptors (Lipinski definition) is 9. The number of nitrogens with one attached hydrogen (secondary N) is 2. The van der Waals surface area contributed by atoms with Crippen molar-refractivity contribution >= 4 is 34.9 Å². The molecule has 9 nitrogen and oxygen atoms in total. The Morgan fingerprint density at radius 3 is 2.50 bits per heavy atom. The molecule has 2 aromatic carbocycles. The van der Waals surface area contributed by atoms with Gasteiger partial charge >= 0.3 is 0 Å². The van der Waals surface area contributed by atoms with Crippen molar-refractivity contribution in [1.82, 2.24) is 20.3 Å². The predicted molar refractivity (Wildman–Crippen MR) is 150 cm³/mol. The molecule has 0 saturated heterocycles. The van der Waals surface area contributed by atoms with E-state index in [2.05, 4.69) is 25.6 Å². The first-order valence-electron chi connectivity index (χ1n) is 12.0. The fourth-order valence-electron chi connectivity index (χ4n) is 3.50. The molecule has 4 rings (SSSR count). The third-order valence-electron chi connectivity index (χ3n) is 5.56. The van der Waals surface area contributed by atoms with Gasteiger partial charge in [0.25, 0.3) is 0 Å². The average Bonchev–Trinajstić information content (AvgIpc) is 2.91. The zero-order chi connectivity index (χ0) is 26.9. The fourth-order valence-corrected chi connectivity index (χ4v) is 4.37. The highest BCUT2D eigenvalue weighted by Crippen LogP contribution is 2.33. The number of nitrogen functional groups attached to an aromatic ring is 1. The lowest BCUT2D eigenvalue weighted by Crippen LogP contribution is -2.26. The molecule has 0 radical (unpaired) electrons. The second-order valence-electron chi connectivity index (χ2n) is 8.60. The Hall–Kier alpha value is -4.15. The molecule has 2 heterocycles. The second kappa shape index (κ2) is 12.9. The maximum absolute atomic E-state index is 11.5. The van der Waals surface area contributed by atoms with Crippen LogP contribution in [0.25, 0.3) is 0 Å². The van der Waals surface area contributed by atoms with Gasteiger partial charge in [-0.25, -0.2) is 9.97 Å². The van der Waals surface area contributed by atoms with Crippen LogP contribution in [0, 0.1) is 13.8 Å². The number of amides is 1. The van der Waals surface area contributed by atoms with Gasteiger partial charge in [0.1, 0.15) is 35.1 Å². The Labute approximate surface area is 226 Å². The molecule has 0 atom stereocenters. The number of hydrogen-bond donors (Lipinski definition) is 3. The van der Waals surface area contributed by atoms with Crippen LogP contribution in [-0.2, 0) is 21.8 Å². The number of carbonyl (C=O) groups excluding carboxylic acids is 1. The van der Waals surface area contributed by atoms with Crippen molar-refractivity contribution in [2.45, 2.75) is 31.2 Å². The van der Waals surface area contributed by atoms with Gasteiger partial charge in [0.05, 0.1) is 6.20 Å². The Balaban J connectivity index is 1.35. The normalized spacial score (nSPS) is 10.7. The lowest BCUT2D eigenvalue weighted by Gasteiger charge is -2.13. The molecular weight excluding hydrogens is 500 g/mol. The molecule has 2 aromatic heterocycles. The molecule has 0 aliphatic heterocycles. The lowest BCUT2D eigenvalue weighted by molar-refractivity contribution is -0.124. The van der Waals surface area contributed by atoms with E-state index in [1.165, 1.54) is 25.2 Å². The number of anilines is 3. The standard InChI is InChI=1S/C28H30N6O3S/c1-18-12-22(9-11-24(18)37-23-10-4-19(2)30-14-23)34-27-26(29)28(33-17-32-27)38-16-21-7-5-20(6-8-21)13-31-25(35)15-36-3/h4-12,14,17H,13,15-16,29H2,1-3H3,(H,31,35)(H,32,33,34). The summed E-state index contributed by atoms with van der Waals surface area (Å²) in [5, 5.41) is 6.80. The van der Waals surface area contributed by atoms with E-state index in [1.54, 1.807) is 6.20 Å². The summed E-state index contributed by atoms with van der Waals surface area (Å²) in [5.74, 6) is 2.52. The minimum Gasteiger partial charge on any atom is -0.455 e. The van der Waals surface area contributed by atoms with Crippen LogP contribution in [-0.4, -0.2) is 34.6 Å². The minimum atomic E-state index is -0.144. The average molecular weight is 531 g/mol. The molecule has 0 unspecified atom stereocenters. The highest BCUT2D eigenvalue weighted by molar-refractivity contribution is 7.98. The second-order valence-corrected chi connectivity index (χ2v) is 9.56. The number of aromatic nitrogens is 3. The topological polar surface area (TPSA) is 124 Å². The Bertz CT molecular complexity index is 1380. The van der Waals surface area contributed by atoms with Crippen molar-refractivity contribution in [3.05, 3.63) is 89.5 Å². The highest BCUT2D eigenvalue weighted by atomic mass is 32.2. The molecule has 0 saturated carbocycles. The van der Waals surface area contributed by atoms with Gasteiger partial charge in [-0.3, -0.25) is 9.78 Å². The number of nitrogens with two attached hydrogens (primary N) is 1. The van der Waals surface area contributed by atoms with Gasteiger partial charge in [-0.05, 0) is 60.9 Å². The van der Waals surface area contributed by atoms with Crippen LogP contribution in [0.5, 0.6) is 11.5 Å². The van der Waals surface area contributed by atoms with E-state index in [1.807, 2.05) is 68.4 Å². The monoisotopic (exact) mass is 530 g/mol. The van der Waals surface area contributed by atoms with E-state index in [0.29, 0.717) is 34.6 Å². The molecule has 38 heavy (non-hydrogen) atoms. The van der Waals surface area contributed by atoms with Crippen LogP contribution in [0.2, 0.25) is 0 Å². The van der Waals surface area contributed by atoms with Gasteiger partial charge in [-0.15, -0.1) is 0 Å².